The molecule has 0 bridgehead atoms. The maximum Gasteiger partial charge on any atom is 0.345 e. The van der Waals surface area contributed by atoms with Crippen molar-refractivity contribution in [3.05, 3.63) is 77.6 Å². The molecule has 2 aromatic carbocycles. The normalized spacial score (nSPS) is 26.0. The molecule has 0 spiro atoms. The molecule has 238 valence electrons. The summed E-state index contributed by atoms with van der Waals surface area (Å²) in [5.41, 5.74) is 3.21. The number of hydrogen-bond acceptors (Lipinski definition) is 8. The van der Waals surface area contributed by atoms with E-state index in [1.807, 2.05) is 47.3 Å². The molecule has 45 heavy (non-hydrogen) atoms. The summed E-state index contributed by atoms with van der Waals surface area (Å²) >= 11 is 0. The minimum Gasteiger partial charge on any atom is -0.423 e. The largest absolute Gasteiger partial charge is 0.423 e. The monoisotopic (exact) mass is 610 g/mol. The number of hydrogen-bond donors (Lipinski definition) is 1. The van der Waals surface area contributed by atoms with Crippen LogP contribution in [0.15, 0.2) is 60.9 Å². The van der Waals surface area contributed by atoms with Crippen LogP contribution in [-0.2, 0) is 18.4 Å². The van der Waals surface area contributed by atoms with Crippen LogP contribution in [0.3, 0.4) is 0 Å². The highest BCUT2D eigenvalue weighted by Gasteiger charge is 2.59. The smallest absolute Gasteiger partial charge is 0.345 e. The number of aliphatic hydroxyl groups is 1. The highest BCUT2D eigenvalue weighted by Crippen LogP contribution is 2.53. The van der Waals surface area contributed by atoms with Gasteiger partial charge in [0.2, 0.25) is 0 Å². The predicted octanol–water partition coefficient (Wildman–Crippen LogP) is 4.79. The maximum atomic E-state index is 13.2. The van der Waals surface area contributed by atoms with Crippen molar-refractivity contribution >= 4 is 0 Å². The molecule has 10 nitrogen and oxygen atoms in total. The van der Waals surface area contributed by atoms with Crippen LogP contribution in [0.4, 0.5) is 0 Å². The van der Waals surface area contributed by atoms with E-state index < -0.39 is 11.0 Å². The summed E-state index contributed by atoms with van der Waals surface area (Å²) in [6.45, 7) is 12.2. The fraction of sp³-hybridized carbons (Fsp3) is 0.543. The molecule has 3 atom stereocenters. The molecule has 3 aliphatic rings. The van der Waals surface area contributed by atoms with Gasteiger partial charge in [-0.25, -0.2) is 0 Å². The molecule has 0 radical (unpaired) electrons. The second-order valence-electron chi connectivity index (χ2n) is 13.5. The Labute approximate surface area is 266 Å². The van der Waals surface area contributed by atoms with Crippen LogP contribution in [0.25, 0.3) is 5.69 Å². The summed E-state index contributed by atoms with van der Waals surface area (Å²) in [6, 6.07) is 16.5. The van der Waals surface area contributed by atoms with Crippen LogP contribution >= 0.6 is 0 Å². The van der Waals surface area contributed by atoms with E-state index in [9.17, 15) is 5.11 Å². The van der Waals surface area contributed by atoms with Gasteiger partial charge in [0.05, 0.1) is 24.0 Å². The summed E-state index contributed by atoms with van der Waals surface area (Å²) in [5, 5.41) is 30.0. The Bertz CT molecular complexity index is 1600. The molecule has 1 saturated carbocycles. The van der Waals surface area contributed by atoms with Crippen molar-refractivity contribution in [3.63, 3.8) is 0 Å². The topological polar surface area (TPSA) is 97.4 Å². The first-order valence-corrected chi connectivity index (χ1v) is 16.7. The number of tetrazole rings is 1. The molecular formula is C35H46N8O2. The lowest BCUT2D eigenvalue weighted by molar-refractivity contribution is -0.136. The third-order valence-corrected chi connectivity index (χ3v) is 10.8. The highest BCUT2D eigenvalue weighted by atomic mass is 16.5. The number of rotatable bonds is 10. The molecule has 2 saturated heterocycles. The Kier molecular flexibility index (Phi) is 8.22. The van der Waals surface area contributed by atoms with Gasteiger partial charge in [0, 0.05) is 37.3 Å². The zero-order valence-corrected chi connectivity index (χ0v) is 26.8. The van der Waals surface area contributed by atoms with E-state index in [-0.39, 0.29) is 6.04 Å². The van der Waals surface area contributed by atoms with Crippen LogP contribution in [0.2, 0.25) is 0 Å². The molecule has 10 heteroatoms. The quantitative estimate of drug-likeness (QED) is 0.274. The maximum absolute atomic E-state index is 13.2. The van der Waals surface area contributed by atoms with Gasteiger partial charge < -0.3 is 14.7 Å². The predicted molar refractivity (Wildman–Crippen MR) is 173 cm³/mol. The van der Waals surface area contributed by atoms with Gasteiger partial charge >= 0.3 is 6.01 Å². The first-order chi connectivity index (χ1) is 21.9. The van der Waals surface area contributed by atoms with Gasteiger partial charge in [0.15, 0.2) is 0 Å². The van der Waals surface area contributed by atoms with Crippen molar-refractivity contribution in [2.45, 2.75) is 82.9 Å². The second-order valence-corrected chi connectivity index (χ2v) is 13.5. The SMILES string of the molecule is CCc1ccc(Oc2nnnn2-c2ccccc2)cc1C12CCN(CCn3cc(C)cn3)CCC1(O)C(C)N(CC1CC1)CC2. The summed E-state index contributed by atoms with van der Waals surface area (Å²) in [7, 11) is 0. The van der Waals surface area contributed by atoms with Gasteiger partial charge in [0.1, 0.15) is 5.75 Å². The number of fused-ring (bicyclic) bond motifs is 1. The number of piperidine rings is 1. The molecule has 1 aliphatic carbocycles. The molecule has 1 N–H and O–H groups in total. The average molecular weight is 611 g/mol. The Hall–Kier alpha value is -3.60. The van der Waals surface area contributed by atoms with Gasteiger partial charge in [-0.1, -0.05) is 36.3 Å². The highest BCUT2D eigenvalue weighted by molar-refractivity contribution is 5.45. The van der Waals surface area contributed by atoms with Crippen molar-refractivity contribution in [3.8, 4) is 17.4 Å². The van der Waals surface area contributed by atoms with Crippen LogP contribution in [0, 0.1) is 12.8 Å². The Balaban J connectivity index is 1.23. The lowest BCUT2D eigenvalue weighted by atomic mass is 9.56. The van der Waals surface area contributed by atoms with E-state index in [0.29, 0.717) is 11.8 Å². The standard InChI is InChI=1S/C35H46N8O2/c1-4-29-12-13-31(45-33-37-38-39-43(33)30-8-6-5-7-9-30)22-32(29)34-14-17-40(20-21-42-24-26(2)23-36-42)18-16-35(34,44)27(3)41(19-15-34)25-28-10-11-28/h5-9,12-13,22-24,27-28,44H,4,10-11,14-21,25H2,1-3H3. The Morgan fingerprint density at radius 1 is 1.00 bits per heavy atom. The molecule has 4 heterocycles. The van der Waals surface area contributed by atoms with E-state index >= 15 is 0 Å². The molecular weight excluding hydrogens is 564 g/mol. The molecule has 7 rings (SSSR count). The zero-order valence-electron chi connectivity index (χ0n) is 26.8. The van der Waals surface area contributed by atoms with Crippen LogP contribution in [0.1, 0.15) is 62.6 Å². The van der Waals surface area contributed by atoms with Crippen molar-refractivity contribution in [2.75, 3.05) is 32.7 Å². The Morgan fingerprint density at radius 2 is 1.80 bits per heavy atom. The number of aromatic nitrogens is 6. The number of ether oxygens (including phenoxy) is 1. The fourth-order valence-electron chi connectivity index (χ4n) is 7.92. The third kappa shape index (κ3) is 5.79. The number of nitrogens with zero attached hydrogens (tertiary/aromatic N) is 8. The van der Waals surface area contributed by atoms with E-state index in [2.05, 4.69) is 69.5 Å². The van der Waals surface area contributed by atoms with Crippen LogP contribution in [0.5, 0.6) is 11.8 Å². The minimum absolute atomic E-state index is 0.0558. The third-order valence-electron chi connectivity index (χ3n) is 10.8. The van der Waals surface area contributed by atoms with Gasteiger partial charge in [-0.05, 0) is 123 Å². The number of benzene rings is 2. The van der Waals surface area contributed by atoms with Gasteiger partial charge in [-0.2, -0.15) is 9.78 Å². The van der Waals surface area contributed by atoms with E-state index in [0.717, 1.165) is 76.6 Å². The molecule has 3 unspecified atom stereocenters. The van der Waals surface area contributed by atoms with Crippen LogP contribution < -0.4 is 4.74 Å². The van der Waals surface area contributed by atoms with E-state index in [4.69, 9.17) is 4.74 Å². The molecule has 4 aromatic rings. The average Bonchev–Trinajstić information content (AvgIpc) is 3.64. The van der Waals surface area contributed by atoms with Gasteiger partial charge in [-0.3, -0.25) is 9.58 Å². The molecule has 3 fully saturated rings. The summed E-state index contributed by atoms with van der Waals surface area (Å²) in [6.07, 6.45) is 10.1. The van der Waals surface area contributed by atoms with Gasteiger partial charge in [-0.15, -0.1) is 0 Å². The van der Waals surface area contributed by atoms with E-state index in [1.54, 1.807) is 4.68 Å². The zero-order chi connectivity index (χ0) is 31.0. The summed E-state index contributed by atoms with van der Waals surface area (Å²) in [4.78, 5) is 5.12. The van der Waals surface area contributed by atoms with E-state index in [1.165, 1.54) is 29.5 Å². The van der Waals surface area contributed by atoms with Crippen molar-refractivity contribution in [2.24, 2.45) is 5.92 Å². The van der Waals surface area contributed by atoms with Crippen LogP contribution in [-0.4, -0.2) is 89.3 Å². The summed E-state index contributed by atoms with van der Waals surface area (Å²) < 4.78 is 10.1. The van der Waals surface area contributed by atoms with Crippen molar-refractivity contribution in [1.29, 1.82) is 0 Å². The number of aryl methyl sites for hydroxylation is 2. The van der Waals surface area contributed by atoms with Crippen molar-refractivity contribution < 1.29 is 9.84 Å². The lowest BCUT2D eigenvalue weighted by Crippen LogP contribution is -2.68. The summed E-state index contributed by atoms with van der Waals surface area (Å²) in [5.74, 6) is 1.47. The molecule has 2 aromatic heterocycles. The second kappa shape index (κ2) is 12.3. The first-order valence-electron chi connectivity index (χ1n) is 16.7. The molecule has 2 aliphatic heterocycles. The lowest BCUT2D eigenvalue weighted by Gasteiger charge is -2.58. The minimum atomic E-state index is -0.884. The van der Waals surface area contributed by atoms with Crippen molar-refractivity contribution in [1.82, 2.24) is 39.8 Å². The first kappa shape index (κ1) is 30.1. The van der Waals surface area contributed by atoms with Gasteiger partial charge in [0.25, 0.3) is 0 Å². The number of para-hydroxylation sites is 1. The number of likely N-dealkylation sites (tertiary alicyclic amines) is 2. The fourth-order valence-corrected chi connectivity index (χ4v) is 7.92. The Morgan fingerprint density at radius 3 is 2.56 bits per heavy atom. The molecule has 0 amide bonds.